The van der Waals surface area contributed by atoms with Crippen LogP contribution >= 0.6 is 11.3 Å². The SMILES string of the molecule is CCOC(=O)c1nn(-c2ccccc2)cc1/C=C/c1nccs1. The zero-order chi connectivity index (χ0) is 16.1. The number of para-hydroxylation sites is 1. The normalized spacial score (nSPS) is 11.0. The Hall–Kier alpha value is -2.73. The first-order chi connectivity index (χ1) is 11.3. The van der Waals surface area contributed by atoms with Crippen molar-refractivity contribution in [3.63, 3.8) is 0 Å². The molecule has 0 bridgehead atoms. The summed E-state index contributed by atoms with van der Waals surface area (Å²) in [7, 11) is 0. The Morgan fingerprint density at radius 3 is 2.83 bits per heavy atom. The van der Waals surface area contributed by atoms with Crippen molar-refractivity contribution in [2.45, 2.75) is 6.92 Å². The van der Waals surface area contributed by atoms with Gasteiger partial charge >= 0.3 is 5.97 Å². The zero-order valence-corrected chi connectivity index (χ0v) is 13.4. The summed E-state index contributed by atoms with van der Waals surface area (Å²) in [4.78, 5) is 16.3. The quantitative estimate of drug-likeness (QED) is 0.672. The van der Waals surface area contributed by atoms with Crippen LogP contribution in [0.5, 0.6) is 0 Å². The van der Waals surface area contributed by atoms with Crippen LogP contribution in [-0.4, -0.2) is 27.3 Å². The van der Waals surface area contributed by atoms with E-state index in [2.05, 4.69) is 10.1 Å². The third kappa shape index (κ3) is 3.54. The lowest BCUT2D eigenvalue weighted by Crippen LogP contribution is -2.07. The van der Waals surface area contributed by atoms with Crippen LogP contribution in [-0.2, 0) is 4.74 Å². The summed E-state index contributed by atoms with van der Waals surface area (Å²) >= 11 is 1.53. The van der Waals surface area contributed by atoms with Crippen molar-refractivity contribution < 1.29 is 9.53 Å². The van der Waals surface area contributed by atoms with Crippen molar-refractivity contribution in [1.82, 2.24) is 14.8 Å². The molecular formula is C17H15N3O2S. The van der Waals surface area contributed by atoms with Crippen LogP contribution in [0.2, 0.25) is 0 Å². The molecule has 0 fully saturated rings. The van der Waals surface area contributed by atoms with E-state index in [1.807, 2.05) is 54.1 Å². The molecule has 0 atom stereocenters. The van der Waals surface area contributed by atoms with Gasteiger partial charge in [-0.25, -0.2) is 14.5 Å². The first-order valence-corrected chi connectivity index (χ1v) is 8.05. The highest BCUT2D eigenvalue weighted by Gasteiger charge is 2.17. The van der Waals surface area contributed by atoms with E-state index in [1.165, 1.54) is 11.3 Å². The average molecular weight is 325 g/mol. The van der Waals surface area contributed by atoms with Gasteiger partial charge in [0.1, 0.15) is 5.01 Å². The molecule has 0 radical (unpaired) electrons. The highest BCUT2D eigenvalue weighted by molar-refractivity contribution is 7.10. The van der Waals surface area contributed by atoms with Crippen LogP contribution < -0.4 is 0 Å². The Bertz CT molecular complexity index is 808. The molecule has 116 valence electrons. The maximum absolute atomic E-state index is 12.1. The smallest absolute Gasteiger partial charge is 0.359 e. The minimum Gasteiger partial charge on any atom is -0.461 e. The topological polar surface area (TPSA) is 57.0 Å². The van der Waals surface area contributed by atoms with Gasteiger partial charge in [-0.15, -0.1) is 11.3 Å². The molecule has 6 heteroatoms. The largest absolute Gasteiger partial charge is 0.461 e. The van der Waals surface area contributed by atoms with Gasteiger partial charge in [0, 0.05) is 23.3 Å². The fraction of sp³-hybridized carbons (Fsp3) is 0.118. The zero-order valence-electron chi connectivity index (χ0n) is 12.5. The molecule has 0 saturated heterocycles. The molecule has 0 spiro atoms. The molecule has 3 aromatic rings. The van der Waals surface area contributed by atoms with Crippen molar-refractivity contribution in [3.05, 3.63) is 64.4 Å². The third-order valence-corrected chi connectivity index (χ3v) is 3.83. The first-order valence-electron chi connectivity index (χ1n) is 7.17. The Labute approximate surface area is 137 Å². The molecule has 0 amide bonds. The Morgan fingerprint density at radius 2 is 2.13 bits per heavy atom. The second kappa shape index (κ2) is 7.02. The van der Waals surface area contributed by atoms with Crippen molar-refractivity contribution in [2.24, 2.45) is 0 Å². The predicted molar refractivity (Wildman–Crippen MR) is 90.6 cm³/mol. The third-order valence-electron chi connectivity index (χ3n) is 3.09. The van der Waals surface area contributed by atoms with Gasteiger partial charge < -0.3 is 4.74 Å². The number of carbonyl (C=O) groups is 1. The molecular weight excluding hydrogens is 310 g/mol. The number of benzene rings is 1. The average Bonchev–Trinajstić information content (AvgIpc) is 3.23. The van der Waals surface area contributed by atoms with Crippen LogP contribution in [0.4, 0.5) is 0 Å². The number of hydrogen-bond donors (Lipinski definition) is 0. The minimum absolute atomic E-state index is 0.295. The van der Waals surface area contributed by atoms with Crippen LogP contribution in [0.1, 0.15) is 28.0 Å². The maximum Gasteiger partial charge on any atom is 0.359 e. The monoisotopic (exact) mass is 325 g/mol. The Morgan fingerprint density at radius 1 is 1.30 bits per heavy atom. The summed E-state index contributed by atoms with van der Waals surface area (Å²) in [5.74, 6) is -0.430. The molecule has 0 aliphatic carbocycles. The van der Waals surface area contributed by atoms with Gasteiger partial charge in [-0.2, -0.15) is 5.10 Å². The molecule has 0 N–H and O–H groups in total. The number of carbonyl (C=O) groups excluding carboxylic acids is 1. The molecule has 5 nitrogen and oxygen atoms in total. The number of ether oxygens (including phenoxy) is 1. The minimum atomic E-state index is -0.430. The molecule has 0 aliphatic heterocycles. The Balaban J connectivity index is 1.98. The van der Waals surface area contributed by atoms with Gasteiger partial charge in [0.25, 0.3) is 0 Å². The molecule has 0 aliphatic rings. The highest BCUT2D eigenvalue weighted by Crippen LogP contribution is 2.17. The highest BCUT2D eigenvalue weighted by atomic mass is 32.1. The van der Waals surface area contributed by atoms with Crippen LogP contribution in [0, 0.1) is 0 Å². The van der Waals surface area contributed by atoms with Crippen molar-refractivity contribution >= 4 is 29.5 Å². The number of rotatable bonds is 5. The summed E-state index contributed by atoms with van der Waals surface area (Å²) in [5, 5.41) is 7.14. The predicted octanol–water partition coefficient (Wildman–Crippen LogP) is 3.68. The first kappa shape index (κ1) is 15.2. The second-order valence-electron chi connectivity index (χ2n) is 4.64. The van der Waals surface area contributed by atoms with Gasteiger partial charge in [0.15, 0.2) is 5.69 Å². The summed E-state index contributed by atoms with van der Waals surface area (Å²) in [5.41, 5.74) is 1.87. The fourth-order valence-corrected chi connectivity index (χ4v) is 2.59. The van der Waals surface area contributed by atoms with Gasteiger partial charge in [0.2, 0.25) is 0 Å². The van der Waals surface area contributed by atoms with E-state index < -0.39 is 5.97 Å². The number of hydrogen-bond acceptors (Lipinski definition) is 5. The molecule has 1 aromatic carbocycles. The van der Waals surface area contributed by atoms with Crippen LogP contribution in [0.3, 0.4) is 0 Å². The lowest BCUT2D eigenvalue weighted by Gasteiger charge is -2.00. The van der Waals surface area contributed by atoms with E-state index in [1.54, 1.807) is 17.8 Å². The van der Waals surface area contributed by atoms with E-state index in [0.717, 1.165) is 10.7 Å². The molecule has 23 heavy (non-hydrogen) atoms. The molecule has 0 unspecified atom stereocenters. The number of thiazole rings is 1. The van der Waals surface area contributed by atoms with E-state index in [9.17, 15) is 4.79 Å². The summed E-state index contributed by atoms with van der Waals surface area (Å²) < 4.78 is 6.77. The van der Waals surface area contributed by atoms with E-state index in [0.29, 0.717) is 17.9 Å². The summed E-state index contributed by atoms with van der Waals surface area (Å²) in [6, 6.07) is 9.63. The number of esters is 1. The lowest BCUT2D eigenvalue weighted by atomic mass is 10.2. The summed E-state index contributed by atoms with van der Waals surface area (Å²) in [6.07, 6.45) is 7.24. The van der Waals surface area contributed by atoms with E-state index >= 15 is 0 Å². The standard InChI is InChI=1S/C17H15N3O2S/c1-2-22-17(21)16-13(8-9-15-18-10-11-23-15)12-20(19-16)14-6-4-3-5-7-14/h3-12H,2H2,1H3/b9-8+. The van der Waals surface area contributed by atoms with Gasteiger partial charge in [-0.05, 0) is 31.2 Å². The molecule has 2 aromatic heterocycles. The van der Waals surface area contributed by atoms with E-state index in [-0.39, 0.29) is 0 Å². The lowest BCUT2D eigenvalue weighted by molar-refractivity contribution is 0.0518. The van der Waals surface area contributed by atoms with Crippen molar-refractivity contribution in [2.75, 3.05) is 6.61 Å². The van der Waals surface area contributed by atoms with Gasteiger partial charge in [-0.1, -0.05) is 18.2 Å². The van der Waals surface area contributed by atoms with E-state index in [4.69, 9.17) is 4.74 Å². The second-order valence-corrected chi connectivity index (χ2v) is 5.56. The fourth-order valence-electron chi connectivity index (χ4n) is 2.06. The van der Waals surface area contributed by atoms with Gasteiger partial charge in [0.05, 0.1) is 12.3 Å². The number of nitrogens with zero attached hydrogens (tertiary/aromatic N) is 3. The van der Waals surface area contributed by atoms with Crippen LogP contribution in [0.25, 0.3) is 17.8 Å². The van der Waals surface area contributed by atoms with Crippen molar-refractivity contribution in [3.8, 4) is 5.69 Å². The number of aromatic nitrogens is 3. The molecule has 0 saturated carbocycles. The summed E-state index contributed by atoms with van der Waals surface area (Å²) in [6.45, 7) is 2.09. The van der Waals surface area contributed by atoms with Crippen LogP contribution in [0.15, 0.2) is 48.1 Å². The molecule has 2 heterocycles. The maximum atomic E-state index is 12.1. The van der Waals surface area contributed by atoms with Gasteiger partial charge in [-0.3, -0.25) is 0 Å². The molecule has 3 rings (SSSR count). The van der Waals surface area contributed by atoms with Crippen molar-refractivity contribution in [1.29, 1.82) is 0 Å². The Kier molecular flexibility index (Phi) is 4.63.